The number of benzene rings is 1. The molecule has 1 unspecified atom stereocenters. The molecule has 104 valence electrons. The van der Waals surface area contributed by atoms with Crippen LogP contribution in [0.25, 0.3) is 10.8 Å². The Bertz CT molecular complexity index is 667. The van der Waals surface area contributed by atoms with Crippen molar-refractivity contribution in [3.63, 3.8) is 0 Å². The van der Waals surface area contributed by atoms with E-state index in [2.05, 4.69) is 15.0 Å². The highest BCUT2D eigenvalue weighted by Gasteiger charge is 2.20. The Morgan fingerprint density at radius 2 is 2.00 bits per heavy atom. The number of esters is 1. The van der Waals surface area contributed by atoms with E-state index in [1.54, 1.807) is 20.0 Å². The van der Waals surface area contributed by atoms with Gasteiger partial charge in [-0.15, -0.1) is 0 Å². The van der Waals surface area contributed by atoms with Gasteiger partial charge in [-0.3, -0.25) is 9.78 Å². The molecule has 1 aromatic heterocycles. The summed E-state index contributed by atoms with van der Waals surface area (Å²) >= 11 is 0. The molecule has 1 heterocycles. The van der Waals surface area contributed by atoms with Crippen LogP contribution in [-0.2, 0) is 9.53 Å². The Labute approximate surface area is 117 Å². The van der Waals surface area contributed by atoms with Crippen LogP contribution in [0.4, 0.5) is 0 Å². The molecule has 0 aliphatic carbocycles. The number of carbonyl (C=O) groups is 2. The largest absolute Gasteiger partial charge is 0.467 e. The van der Waals surface area contributed by atoms with Crippen molar-refractivity contribution in [3.05, 3.63) is 41.7 Å². The number of nitrogens with one attached hydrogen (secondary N) is 1. The van der Waals surface area contributed by atoms with E-state index in [4.69, 9.17) is 0 Å². The van der Waals surface area contributed by atoms with Gasteiger partial charge in [0.15, 0.2) is 0 Å². The average molecular weight is 272 g/mol. The van der Waals surface area contributed by atoms with Gasteiger partial charge in [0.1, 0.15) is 6.04 Å². The number of carbonyl (C=O) groups excluding carboxylic acids is 2. The van der Waals surface area contributed by atoms with Gasteiger partial charge in [-0.05, 0) is 19.2 Å². The second-order valence-corrected chi connectivity index (χ2v) is 4.52. The topological polar surface area (TPSA) is 68.3 Å². The van der Waals surface area contributed by atoms with Crippen molar-refractivity contribution in [2.24, 2.45) is 0 Å². The number of hydrogen-bond acceptors (Lipinski definition) is 4. The number of methoxy groups -OCH3 is 1. The molecule has 20 heavy (non-hydrogen) atoms. The maximum Gasteiger partial charge on any atom is 0.328 e. The van der Waals surface area contributed by atoms with E-state index in [0.717, 1.165) is 10.8 Å². The van der Waals surface area contributed by atoms with Crippen LogP contribution in [0.1, 0.15) is 23.0 Å². The normalized spacial score (nSPS) is 11.9. The summed E-state index contributed by atoms with van der Waals surface area (Å²) in [5.41, 5.74) is 1.11. The first-order valence-corrected chi connectivity index (χ1v) is 6.27. The minimum absolute atomic E-state index is 0.329. The molecule has 2 aromatic rings. The van der Waals surface area contributed by atoms with Crippen molar-refractivity contribution in [2.45, 2.75) is 19.9 Å². The summed E-state index contributed by atoms with van der Waals surface area (Å²) in [4.78, 5) is 27.9. The van der Waals surface area contributed by atoms with E-state index in [0.29, 0.717) is 11.3 Å². The van der Waals surface area contributed by atoms with Gasteiger partial charge in [0, 0.05) is 11.6 Å². The molecule has 0 saturated heterocycles. The van der Waals surface area contributed by atoms with Gasteiger partial charge in [-0.1, -0.05) is 24.3 Å². The highest BCUT2D eigenvalue weighted by Crippen LogP contribution is 2.20. The highest BCUT2D eigenvalue weighted by atomic mass is 16.5. The molecule has 1 amide bonds. The third-order valence-corrected chi connectivity index (χ3v) is 3.12. The monoisotopic (exact) mass is 272 g/mol. The van der Waals surface area contributed by atoms with Crippen molar-refractivity contribution < 1.29 is 14.3 Å². The average Bonchev–Trinajstić information content (AvgIpc) is 2.45. The molecule has 0 radical (unpaired) electrons. The molecule has 0 fully saturated rings. The standard InChI is InChI=1S/C15H16N2O3/c1-9-13(14(18)17-10(2)15(19)20-3)12-7-5-4-6-11(12)8-16-9/h4-8,10H,1-3H3,(H,17,18). The fraction of sp³-hybridized carbons (Fsp3) is 0.267. The summed E-state index contributed by atoms with van der Waals surface area (Å²) < 4.78 is 4.60. The van der Waals surface area contributed by atoms with Crippen LogP contribution in [-0.4, -0.2) is 30.0 Å². The lowest BCUT2D eigenvalue weighted by atomic mass is 10.0. The van der Waals surface area contributed by atoms with Gasteiger partial charge in [0.05, 0.1) is 18.4 Å². The quantitative estimate of drug-likeness (QED) is 0.866. The summed E-state index contributed by atoms with van der Waals surface area (Å²) in [7, 11) is 1.29. The van der Waals surface area contributed by atoms with Crippen LogP contribution in [0.5, 0.6) is 0 Å². The molecule has 0 spiro atoms. The summed E-state index contributed by atoms with van der Waals surface area (Å²) in [5.74, 6) is -0.811. The number of aromatic nitrogens is 1. The maximum absolute atomic E-state index is 12.4. The van der Waals surface area contributed by atoms with Crippen molar-refractivity contribution >= 4 is 22.6 Å². The van der Waals surface area contributed by atoms with Crippen molar-refractivity contribution in [1.82, 2.24) is 10.3 Å². The fourth-order valence-corrected chi connectivity index (χ4v) is 2.05. The zero-order chi connectivity index (χ0) is 14.7. The van der Waals surface area contributed by atoms with E-state index >= 15 is 0 Å². The number of pyridine rings is 1. The molecule has 5 nitrogen and oxygen atoms in total. The van der Waals surface area contributed by atoms with Gasteiger partial charge in [0.25, 0.3) is 5.91 Å². The lowest BCUT2D eigenvalue weighted by molar-refractivity contribution is -0.142. The van der Waals surface area contributed by atoms with E-state index in [-0.39, 0.29) is 5.91 Å². The molecule has 0 bridgehead atoms. The van der Waals surface area contributed by atoms with Gasteiger partial charge in [-0.25, -0.2) is 4.79 Å². The summed E-state index contributed by atoms with van der Waals surface area (Å²) in [5, 5.41) is 4.32. The van der Waals surface area contributed by atoms with E-state index in [1.165, 1.54) is 7.11 Å². The maximum atomic E-state index is 12.4. The Kier molecular flexibility index (Phi) is 3.98. The lowest BCUT2D eigenvalue weighted by Crippen LogP contribution is -2.39. The summed E-state index contributed by atoms with van der Waals surface area (Å²) in [6.07, 6.45) is 1.73. The van der Waals surface area contributed by atoms with E-state index in [1.807, 2.05) is 24.3 Å². The molecule has 0 saturated carbocycles. The number of aryl methyl sites for hydroxylation is 1. The number of hydrogen-bond donors (Lipinski definition) is 1. The van der Waals surface area contributed by atoms with Crippen LogP contribution in [0.2, 0.25) is 0 Å². The number of fused-ring (bicyclic) bond motifs is 1. The van der Waals surface area contributed by atoms with Crippen LogP contribution in [0.3, 0.4) is 0 Å². The van der Waals surface area contributed by atoms with E-state index in [9.17, 15) is 9.59 Å². The third-order valence-electron chi connectivity index (χ3n) is 3.12. The summed E-state index contributed by atoms with van der Waals surface area (Å²) in [6.45, 7) is 3.35. The molecule has 0 aliphatic heterocycles. The number of ether oxygens (including phenoxy) is 1. The SMILES string of the molecule is COC(=O)C(C)NC(=O)c1c(C)ncc2ccccc12. The lowest BCUT2D eigenvalue weighted by Gasteiger charge is -2.14. The zero-order valence-electron chi connectivity index (χ0n) is 11.6. The highest BCUT2D eigenvalue weighted by molar-refractivity contribution is 6.08. The van der Waals surface area contributed by atoms with E-state index < -0.39 is 12.0 Å². The molecule has 0 aliphatic rings. The van der Waals surface area contributed by atoms with Crippen LogP contribution < -0.4 is 5.32 Å². The van der Waals surface area contributed by atoms with Gasteiger partial charge < -0.3 is 10.1 Å². The minimum Gasteiger partial charge on any atom is -0.467 e. The Balaban J connectivity index is 2.39. The van der Waals surface area contributed by atoms with Crippen molar-refractivity contribution in [3.8, 4) is 0 Å². The Morgan fingerprint density at radius 3 is 2.70 bits per heavy atom. The predicted molar refractivity (Wildman–Crippen MR) is 75.4 cm³/mol. The first-order valence-electron chi connectivity index (χ1n) is 6.27. The van der Waals surface area contributed by atoms with Crippen LogP contribution in [0.15, 0.2) is 30.5 Å². The van der Waals surface area contributed by atoms with Crippen LogP contribution in [0, 0.1) is 6.92 Å². The zero-order valence-corrected chi connectivity index (χ0v) is 11.6. The van der Waals surface area contributed by atoms with Crippen LogP contribution >= 0.6 is 0 Å². The molecule has 1 aromatic carbocycles. The molecule has 5 heteroatoms. The fourth-order valence-electron chi connectivity index (χ4n) is 2.05. The second kappa shape index (κ2) is 5.69. The second-order valence-electron chi connectivity index (χ2n) is 4.52. The molecule has 2 rings (SSSR count). The molecular formula is C15H16N2O3. The first-order chi connectivity index (χ1) is 9.54. The number of amides is 1. The number of nitrogens with zero attached hydrogens (tertiary/aromatic N) is 1. The van der Waals surface area contributed by atoms with Gasteiger partial charge in [-0.2, -0.15) is 0 Å². The van der Waals surface area contributed by atoms with Crippen molar-refractivity contribution in [2.75, 3.05) is 7.11 Å². The van der Waals surface area contributed by atoms with Gasteiger partial charge in [0.2, 0.25) is 0 Å². The molecule has 1 N–H and O–H groups in total. The number of rotatable bonds is 3. The van der Waals surface area contributed by atoms with Crippen molar-refractivity contribution in [1.29, 1.82) is 0 Å². The minimum atomic E-state index is -0.703. The smallest absolute Gasteiger partial charge is 0.328 e. The molecule has 1 atom stereocenters. The Morgan fingerprint density at radius 1 is 1.30 bits per heavy atom. The summed E-state index contributed by atoms with van der Waals surface area (Å²) in [6, 6.07) is 6.80. The first kappa shape index (κ1) is 14.0. The third kappa shape index (κ3) is 2.61. The predicted octanol–water partition coefficient (Wildman–Crippen LogP) is 1.83. The Hall–Kier alpha value is -2.43. The molecular weight excluding hydrogens is 256 g/mol. The van der Waals surface area contributed by atoms with Gasteiger partial charge >= 0.3 is 5.97 Å².